The van der Waals surface area contributed by atoms with Crippen molar-refractivity contribution >= 4 is 17.4 Å². The molecule has 0 heterocycles. The maximum Gasteiger partial charge on any atom is 0.417 e. The molecule has 1 aromatic rings. The molecule has 0 saturated heterocycles. The van der Waals surface area contributed by atoms with E-state index in [4.69, 9.17) is 11.5 Å². The Bertz CT molecular complexity index is 627. The smallest absolute Gasteiger partial charge is 0.370 e. The van der Waals surface area contributed by atoms with E-state index in [0.717, 1.165) is 6.07 Å². The molecule has 0 spiro atoms. The van der Waals surface area contributed by atoms with Crippen LogP contribution in [-0.2, 0) is 6.18 Å². The van der Waals surface area contributed by atoms with E-state index in [1.165, 1.54) is 13.0 Å². The van der Waals surface area contributed by atoms with Crippen molar-refractivity contribution in [3.8, 4) is 0 Å². The lowest BCUT2D eigenvalue weighted by Crippen LogP contribution is -2.24. The first-order chi connectivity index (χ1) is 9.57. The van der Waals surface area contributed by atoms with Crippen molar-refractivity contribution in [3.05, 3.63) is 40.5 Å². The second-order valence-corrected chi connectivity index (χ2v) is 4.52. The maximum absolute atomic E-state index is 13.2. The van der Waals surface area contributed by atoms with Crippen LogP contribution in [0, 0.1) is 6.92 Å². The number of amides is 1. The van der Waals surface area contributed by atoms with Gasteiger partial charge in [0.25, 0.3) is 5.91 Å². The van der Waals surface area contributed by atoms with E-state index >= 15 is 0 Å². The molecule has 0 radical (unpaired) electrons. The van der Waals surface area contributed by atoms with E-state index in [-0.39, 0.29) is 11.1 Å². The number of aryl methyl sites for hydroxylation is 1. The molecule has 0 aromatic heterocycles. The number of halogens is 3. The summed E-state index contributed by atoms with van der Waals surface area (Å²) in [7, 11) is 0. The van der Waals surface area contributed by atoms with Gasteiger partial charge in [-0.1, -0.05) is 12.1 Å². The fourth-order valence-corrected chi connectivity index (χ4v) is 1.83. The van der Waals surface area contributed by atoms with Crippen LogP contribution in [0.5, 0.6) is 0 Å². The Morgan fingerprint density at radius 1 is 1.24 bits per heavy atom. The van der Waals surface area contributed by atoms with Gasteiger partial charge in [0.05, 0.1) is 5.56 Å². The van der Waals surface area contributed by atoms with Crippen LogP contribution >= 0.6 is 0 Å². The van der Waals surface area contributed by atoms with Gasteiger partial charge in [-0.2, -0.15) is 18.2 Å². The lowest BCUT2D eigenvalue weighted by Gasteiger charge is -2.16. The predicted molar refractivity (Wildman–Crippen MR) is 75.6 cm³/mol. The molecule has 1 aromatic carbocycles. The number of hydrogen-bond acceptors (Lipinski definition) is 1. The summed E-state index contributed by atoms with van der Waals surface area (Å²) in [6.45, 7) is 4.74. The van der Waals surface area contributed by atoms with Gasteiger partial charge in [-0.15, -0.1) is 0 Å². The number of nitrogens with zero attached hydrogens (tertiary/aromatic N) is 1. The number of alkyl halides is 3. The van der Waals surface area contributed by atoms with Crippen LogP contribution < -0.4 is 11.5 Å². The van der Waals surface area contributed by atoms with E-state index in [2.05, 4.69) is 4.99 Å². The van der Waals surface area contributed by atoms with Crippen LogP contribution in [0.25, 0.3) is 5.57 Å². The number of guanidine groups is 1. The standard InChI is InChI=1S/C14H16F3N3O/c1-4-7(2)9-5-8(3)10(12(21)20-13(18)19)6-11(9)14(15,16)17/h4-6H,1-3H3,(H4,18,19,20,21). The molecule has 0 unspecified atom stereocenters. The third kappa shape index (κ3) is 3.84. The number of rotatable bonds is 2. The minimum atomic E-state index is -4.58. The number of allylic oxidation sites excluding steroid dienone is 2. The van der Waals surface area contributed by atoms with Crippen molar-refractivity contribution in [2.45, 2.75) is 26.9 Å². The zero-order valence-electron chi connectivity index (χ0n) is 11.9. The molecule has 4 N–H and O–H groups in total. The molecule has 7 heteroatoms. The Morgan fingerprint density at radius 3 is 2.24 bits per heavy atom. The maximum atomic E-state index is 13.2. The zero-order chi connectivity index (χ0) is 16.4. The summed E-state index contributed by atoms with van der Waals surface area (Å²) in [6, 6.07) is 2.10. The number of aliphatic imine (C=N–C) groups is 1. The summed E-state index contributed by atoms with van der Waals surface area (Å²) in [5, 5.41) is 0. The van der Waals surface area contributed by atoms with Crippen molar-refractivity contribution in [1.29, 1.82) is 0 Å². The number of benzene rings is 1. The number of carbonyl (C=O) groups is 1. The predicted octanol–water partition coefficient (Wildman–Crippen LogP) is 2.85. The van der Waals surface area contributed by atoms with Gasteiger partial charge in [-0.3, -0.25) is 4.79 Å². The highest BCUT2D eigenvalue weighted by molar-refractivity contribution is 6.03. The average molecular weight is 299 g/mol. The Balaban J connectivity index is 3.60. The van der Waals surface area contributed by atoms with E-state index in [0.29, 0.717) is 11.1 Å². The molecule has 0 atom stereocenters. The molecule has 4 nitrogen and oxygen atoms in total. The molecule has 0 aliphatic carbocycles. The Labute approximate surface area is 120 Å². The fraction of sp³-hybridized carbons (Fsp3) is 0.286. The normalized spacial score (nSPS) is 12.2. The summed E-state index contributed by atoms with van der Waals surface area (Å²) in [4.78, 5) is 15.1. The number of nitrogens with two attached hydrogens (primary N) is 2. The number of hydrogen-bond donors (Lipinski definition) is 2. The van der Waals surface area contributed by atoms with Crippen LogP contribution in [0.2, 0.25) is 0 Å². The van der Waals surface area contributed by atoms with Crippen molar-refractivity contribution in [1.82, 2.24) is 0 Å². The highest BCUT2D eigenvalue weighted by Crippen LogP contribution is 2.36. The molecular formula is C14H16F3N3O. The Morgan fingerprint density at radius 2 is 1.81 bits per heavy atom. The van der Waals surface area contributed by atoms with E-state index in [1.54, 1.807) is 19.9 Å². The summed E-state index contributed by atoms with van der Waals surface area (Å²) >= 11 is 0. The minimum absolute atomic E-state index is 0.0313. The molecule has 21 heavy (non-hydrogen) atoms. The van der Waals surface area contributed by atoms with Gasteiger partial charge in [0.2, 0.25) is 0 Å². The highest BCUT2D eigenvalue weighted by atomic mass is 19.4. The lowest BCUT2D eigenvalue weighted by molar-refractivity contribution is -0.137. The van der Waals surface area contributed by atoms with Gasteiger partial charge >= 0.3 is 6.18 Å². The summed E-state index contributed by atoms with van der Waals surface area (Å²) in [6.07, 6.45) is -3.01. The van der Waals surface area contributed by atoms with Gasteiger partial charge in [0.15, 0.2) is 5.96 Å². The minimum Gasteiger partial charge on any atom is -0.370 e. The quantitative estimate of drug-likeness (QED) is 0.651. The van der Waals surface area contributed by atoms with E-state index in [9.17, 15) is 18.0 Å². The largest absolute Gasteiger partial charge is 0.417 e. The van der Waals surface area contributed by atoms with Crippen LogP contribution in [0.3, 0.4) is 0 Å². The molecule has 1 amide bonds. The SMILES string of the molecule is CC=C(C)c1cc(C)c(C(=O)N=C(N)N)cc1C(F)(F)F. The average Bonchev–Trinajstić information content (AvgIpc) is 2.34. The Hall–Kier alpha value is -2.31. The van der Waals surface area contributed by atoms with Crippen LogP contribution in [0.4, 0.5) is 13.2 Å². The van der Waals surface area contributed by atoms with Crippen molar-refractivity contribution in [2.75, 3.05) is 0 Å². The summed E-state index contributed by atoms with van der Waals surface area (Å²) in [5.41, 5.74) is 9.96. The van der Waals surface area contributed by atoms with Gasteiger partial charge < -0.3 is 11.5 Å². The topological polar surface area (TPSA) is 81.5 Å². The molecule has 1 rings (SSSR count). The van der Waals surface area contributed by atoms with E-state index in [1.807, 2.05) is 0 Å². The molecule has 0 aliphatic rings. The van der Waals surface area contributed by atoms with Crippen molar-refractivity contribution in [3.63, 3.8) is 0 Å². The second kappa shape index (κ2) is 5.99. The summed E-state index contributed by atoms with van der Waals surface area (Å²) < 4.78 is 39.5. The number of carbonyl (C=O) groups excluding carboxylic acids is 1. The first-order valence-corrected chi connectivity index (χ1v) is 6.07. The lowest BCUT2D eigenvalue weighted by atomic mass is 9.94. The van der Waals surface area contributed by atoms with Crippen molar-refractivity contribution in [2.24, 2.45) is 16.5 Å². The Kier molecular flexibility index (Phi) is 4.77. The van der Waals surface area contributed by atoms with Crippen LogP contribution in [0.1, 0.15) is 40.9 Å². The zero-order valence-corrected chi connectivity index (χ0v) is 11.9. The molecule has 114 valence electrons. The van der Waals surface area contributed by atoms with Crippen molar-refractivity contribution < 1.29 is 18.0 Å². The molecule has 0 aliphatic heterocycles. The van der Waals surface area contributed by atoms with Gasteiger partial charge in [-0.05, 0) is 43.5 Å². The molecule has 0 bridgehead atoms. The van der Waals surface area contributed by atoms with E-state index < -0.39 is 23.6 Å². The first-order valence-electron chi connectivity index (χ1n) is 6.07. The van der Waals surface area contributed by atoms with Crippen LogP contribution in [-0.4, -0.2) is 11.9 Å². The van der Waals surface area contributed by atoms with Crippen LogP contribution in [0.15, 0.2) is 23.2 Å². The molecular weight excluding hydrogens is 283 g/mol. The van der Waals surface area contributed by atoms with Gasteiger partial charge in [0, 0.05) is 5.56 Å². The third-order valence-corrected chi connectivity index (χ3v) is 2.99. The third-order valence-electron chi connectivity index (χ3n) is 2.99. The molecule has 0 fully saturated rings. The highest BCUT2D eigenvalue weighted by Gasteiger charge is 2.35. The van der Waals surface area contributed by atoms with Gasteiger partial charge in [0.1, 0.15) is 0 Å². The summed E-state index contributed by atoms with van der Waals surface area (Å²) in [5.74, 6) is -1.40. The second-order valence-electron chi connectivity index (χ2n) is 4.52. The molecule has 0 saturated carbocycles. The first kappa shape index (κ1) is 16.7. The monoisotopic (exact) mass is 299 g/mol. The van der Waals surface area contributed by atoms with Gasteiger partial charge in [-0.25, -0.2) is 0 Å². The fourth-order valence-electron chi connectivity index (χ4n) is 1.83.